The number of fused-ring (bicyclic) bond motifs is 3. The smallest absolute Gasteiger partial charge is 0.272 e. The van der Waals surface area contributed by atoms with E-state index in [9.17, 15) is 9.59 Å². The molecule has 0 saturated heterocycles. The third-order valence-electron chi connectivity index (χ3n) is 6.55. The Kier molecular flexibility index (Phi) is 5.57. The van der Waals surface area contributed by atoms with Gasteiger partial charge in [0.1, 0.15) is 18.0 Å². The summed E-state index contributed by atoms with van der Waals surface area (Å²) in [6, 6.07) is 23.4. The van der Waals surface area contributed by atoms with Gasteiger partial charge in [0, 0.05) is 30.1 Å². The number of nitrogens with zero attached hydrogens (tertiary/aromatic N) is 2. The number of aryl methyl sites for hydroxylation is 2. The van der Waals surface area contributed by atoms with Crippen molar-refractivity contribution >= 4 is 22.7 Å². The zero-order valence-corrected chi connectivity index (χ0v) is 19.5. The molecule has 2 heterocycles. The van der Waals surface area contributed by atoms with Crippen LogP contribution in [0.1, 0.15) is 38.8 Å². The van der Waals surface area contributed by atoms with Gasteiger partial charge in [-0.2, -0.15) is 0 Å². The minimum atomic E-state index is -0.357. The van der Waals surface area contributed by atoms with Crippen molar-refractivity contribution in [2.24, 2.45) is 7.05 Å². The number of para-hydroxylation sites is 1. The van der Waals surface area contributed by atoms with Crippen molar-refractivity contribution < 1.29 is 14.3 Å². The highest BCUT2D eigenvalue weighted by atomic mass is 16.5. The van der Waals surface area contributed by atoms with E-state index in [4.69, 9.17) is 4.74 Å². The molecule has 1 aromatic heterocycles. The Morgan fingerprint density at radius 3 is 2.41 bits per heavy atom. The molecule has 172 valence electrons. The van der Waals surface area contributed by atoms with E-state index >= 15 is 0 Å². The van der Waals surface area contributed by atoms with Crippen LogP contribution in [0.15, 0.2) is 72.8 Å². The fraction of sp³-hybridized carbons (Fsp3) is 0.214. The molecule has 5 rings (SSSR count). The van der Waals surface area contributed by atoms with Gasteiger partial charge in [0.05, 0.1) is 13.2 Å². The number of rotatable bonds is 6. The molecule has 2 amide bonds. The number of benzene rings is 3. The molecule has 3 aromatic carbocycles. The van der Waals surface area contributed by atoms with Crippen LogP contribution in [0.5, 0.6) is 5.75 Å². The lowest BCUT2D eigenvalue weighted by Gasteiger charge is -2.26. The van der Waals surface area contributed by atoms with Crippen LogP contribution in [0.3, 0.4) is 0 Å². The van der Waals surface area contributed by atoms with Crippen LogP contribution < -0.4 is 10.1 Å². The zero-order valence-electron chi connectivity index (χ0n) is 19.5. The summed E-state index contributed by atoms with van der Waals surface area (Å²) in [6.45, 7) is 2.43. The first kappa shape index (κ1) is 21.8. The maximum absolute atomic E-state index is 13.6. The van der Waals surface area contributed by atoms with E-state index in [1.807, 2.05) is 91.3 Å². The summed E-state index contributed by atoms with van der Waals surface area (Å²) in [6.07, 6.45) is 0. The molecule has 0 radical (unpaired) electrons. The van der Waals surface area contributed by atoms with Crippen molar-refractivity contribution in [3.05, 3.63) is 101 Å². The van der Waals surface area contributed by atoms with Gasteiger partial charge in [-0.15, -0.1) is 0 Å². The predicted octanol–water partition coefficient (Wildman–Crippen LogP) is 4.36. The highest BCUT2D eigenvalue weighted by molar-refractivity contribution is 6.07. The summed E-state index contributed by atoms with van der Waals surface area (Å²) in [5.74, 6) is 0.415. The molecular formula is C28H27N3O3. The topological polar surface area (TPSA) is 63.6 Å². The molecule has 1 aliphatic rings. The normalized spacial score (nSPS) is 15.0. The van der Waals surface area contributed by atoms with Crippen molar-refractivity contribution in [1.29, 1.82) is 0 Å². The van der Waals surface area contributed by atoms with E-state index in [1.54, 1.807) is 12.0 Å². The van der Waals surface area contributed by atoms with Crippen LogP contribution in [0.2, 0.25) is 0 Å². The zero-order chi connectivity index (χ0) is 23.8. The van der Waals surface area contributed by atoms with E-state index < -0.39 is 0 Å². The predicted molar refractivity (Wildman–Crippen MR) is 132 cm³/mol. The van der Waals surface area contributed by atoms with Crippen LogP contribution in [0.4, 0.5) is 0 Å². The Balaban J connectivity index is 1.48. The molecule has 1 atom stereocenters. The molecule has 0 aliphatic carbocycles. The van der Waals surface area contributed by atoms with Gasteiger partial charge in [0.25, 0.3) is 5.91 Å². The number of hydrogen-bond donors (Lipinski definition) is 1. The van der Waals surface area contributed by atoms with Crippen molar-refractivity contribution in [2.75, 3.05) is 13.7 Å². The second kappa shape index (κ2) is 8.71. The maximum atomic E-state index is 13.6. The third kappa shape index (κ3) is 3.71. The fourth-order valence-corrected chi connectivity index (χ4v) is 4.78. The highest BCUT2D eigenvalue weighted by Gasteiger charge is 2.42. The molecule has 0 saturated carbocycles. The molecule has 4 aromatic rings. The number of methoxy groups -OCH3 is 1. The maximum Gasteiger partial charge on any atom is 0.272 e. The Morgan fingerprint density at radius 1 is 1.00 bits per heavy atom. The SMILES string of the molecule is COc1ccc([C@@H]2c3c(n(C)c4ccccc34)C(=O)N2CC(=O)NCc2ccc(C)cc2)cc1. The molecule has 34 heavy (non-hydrogen) atoms. The molecular weight excluding hydrogens is 426 g/mol. The summed E-state index contributed by atoms with van der Waals surface area (Å²) in [7, 11) is 3.53. The summed E-state index contributed by atoms with van der Waals surface area (Å²) in [5.41, 5.74) is 5.71. The Morgan fingerprint density at radius 2 is 1.71 bits per heavy atom. The van der Waals surface area contributed by atoms with Crippen molar-refractivity contribution in [3.8, 4) is 5.75 Å². The molecule has 6 heteroatoms. The number of aromatic nitrogens is 1. The van der Waals surface area contributed by atoms with Crippen LogP contribution in [0.25, 0.3) is 10.9 Å². The lowest BCUT2D eigenvalue weighted by Crippen LogP contribution is -2.39. The van der Waals surface area contributed by atoms with Crippen LogP contribution in [-0.2, 0) is 18.4 Å². The number of nitrogens with one attached hydrogen (secondary N) is 1. The van der Waals surface area contributed by atoms with Gasteiger partial charge in [0.2, 0.25) is 5.91 Å². The average molecular weight is 454 g/mol. The Labute approximate surface area is 198 Å². The van der Waals surface area contributed by atoms with Gasteiger partial charge in [0.15, 0.2) is 0 Å². The minimum Gasteiger partial charge on any atom is -0.497 e. The number of carbonyl (C=O) groups is 2. The van der Waals surface area contributed by atoms with Gasteiger partial charge in [-0.05, 0) is 36.2 Å². The third-order valence-corrected chi connectivity index (χ3v) is 6.55. The van der Waals surface area contributed by atoms with E-state index in [0.29, 0.717) is 12.2 Å². The first-order valence-electron chi connectivity index (χ1n) is 11.3. The molecule has 0 spiro atoms. The Bertz CT molecular complexity index is 1370. The van der Waals surface area contributed by atoms with Gasteiger partial charge in [-0.1, -0.05) is 60.2 Å². The van der Waals surface area contributed by atoms with Crippen LogP contribution in [0, 0.1) is 6.92 Å². The molecule has 1 aliphatic heterocycles. The van der Waals surface area contributed by atoms with Crippen LogP contribution in [-0.4, -0.2) is 34.9 Å². The van der Waals surface area contributed by atoms with E-state index in [0.717, 1.165) is 33.3 Å². The van der Waals surface area contributed by atoms with E-state index in [-0.39, 0.29) is 24.4 Å². The summed E-state index contributed by atoms with van der Waals surface area (Å²) in [4.78, 5) is 28.3. The summed E-state index contributed by atoms with van der Waals surface area (Å²) in [5, 5.41) is 3.99. The van der Waals surface area contributed by atoms with Crippen molar-refractivity contribution in [2.45, 2.75) is 19.5 Å². The summed E-state index contributed by atoms with van der Waals surface area (Å²) >= 11 is 0. The molecule has 0 unspecified atom stereocenters. The van der Waals surface area contributed by atoms with Gasteiger partial charge in [-0.3, -0.25) is 9.59 Å². The second-order valence-electron chi connectivity index (χ2n) is 8.71. The highest BCUT2D eigenvalue weighted by Crippen LogP contribution is 2.43. The minimum absolute atomic E-state index is 0.0234. The average Bonchev–Trinajstić information content (AvgIpc) is 3.31. The number of hydrogen-bond acceptors (Lipinski definition) is 3. The van der Waals surface area contributed by atoms with Gasteiger partial charge in [-0.25, -0.2) is 0 Å². The largest absolute Gasteiger partial charge is 0.497 e. The monoisotopic (exact) mass is 453 g/mol. The molecule has 0 bridgehead atoms. The van der Waals surface area contributed by atoms with E-state index in [2.05, 4.69) is 5.32 Å². The number of ether oxygens (including phenoxy) is 1. The number of amides is 2. The first-order valence-corrected chi connectivity index (χ1v) is 11.3. The van der Waals surface area contributed by atoms with Gasteiger partial charge < -0.3 is 19.5 Å². The van der Waals surface area contributed by atoms with Gasteiger partial charge >= 0.3 is 0 Å². The quantitative estimate of drug-likeness (QED) is 0.472. The summed E-state index contributed by atoms with van der Waals surface area (Å²) < 4.78 is 7.26. The lowest BCUT2D eigenvalue weighted by atomic mass is 9.98. The first-order chi connectivity index (χ1) is 16.5. The number of carbonyl (C=O) groups excluding carboxylic acids is 2. The molecule has 1 N–H and O–H groups in total. The fourth-order valence-electron chi connectivity index (χ4n) is 4.78. The second-order valence-corrected chi connectivity index (χ2v) is 8.71. The van der Waals surface area contributed by atoms with Crippen molar-refractivity contribution in [3.63, 3.8) is 0 Å². The standard InChI is InChI=1S/C28H27N3O3/c1-18-8-10-19(11-9-18)16-29-24(32)17-31-26(20-12-14-21(34-3)15-13-20)25-22-6-4-5-7-23(22)30(2)27(25)28(31)33/h4-15,26H,16-17H2,1-3H3,(H,29,32)/t26-/m1/s1. The lowest BCUT2D eigenvalue weighted by molar-refractivity contribution is -0.122. The van der Waals surface area contributed by atoms with Crippen molar-refractivity contribution in [1.82, 2.24) is 14.8 Å². The van der Waals surface area contributed by atoms with Crippen LogP contribution >= 0.6 is 0 Å². The molecule has 0 fully saturated rings. The van der Waals surface area contributed by atoms with E-state index in [1.165, 1.54) is 5.56 Å². The Hall–Kier alpha value is -4.06. The molecule has 6 nitrogen and oxygen atoms in total.